The predicted octanol–water partition coefficient (Wildman–Crippen LogP) is 4.59. The number of fused-ring (bicyclic) bond motifs is 1. The number of anilines is 1. The highest BCUT2D eigenvalue weighted by molar-refractivity contribution is 7.92. The van der Waals surface area contributed by atoms with Gasteiger partial charge >= 0.3 is 0 Å². The standard InChI is InChI=1S/C24H23N3O3S/c1-16(28)20-5-3-4-6-21(20)18-10-13-22-23(15-18)26-24(25-22)14-9-17-7-11-19(12-8-17)27-31(2,29)30/h3-8,10-13,15,27H,9,14H2,1-2H3,(H,25,26). The van der Waals surface area contributed by atoms with Crippen molar-refractivity contribution < 1.29 is 13.2 Å². The Morgan fingerprint density at radius 3 is 2.45 bits per heavy atom. The number of nitrogens with zero attached hydrogens (tertiary/aromatic N) is 1. The summed E-state index contributed by atoms with van der Waals surface area (Å²) in [4.78, 5) is 20.0. The summed E-state index contributed by atoms with van der Waals surface area (Å²) in [5.41, 5.74) is 6.04. The van der Waals surface area contributed by atoms with Crippen LogP contribution in [-0.2, 0) is 22.9 Å². The Morgan fingerprint density at radius 2 is 1.74 bits per heavy atom. The van der Waals surface area contributed by atoms with E-state index >= 15 is 0 Å². The Balaban J connectivity index is 1.51. The molecule has 0 radical (unpaired) electrons. The van der Waals surface area contributed by atoms with Gasteiger partial charge < -0.3 is 4.98 Å². The third-order valence-corrected chi connectivity index (χ3v) is 5.66. The Hall–Kier alpha value is -3.45. The minimum absolute atomic E-state index is 0.0405. The van der Waals surface area contributed by atoms with Crippen LogP contribution in [0.3, 0.4) is 0 Å². The third kappa shape index (κ3) is 5.00. The first kappa shape index (κ1) is 20.8. The van der Waals surface area contributed by atoms with Crippen LogP contribution in [-0.4, -0.2) is 30.4 Å². The smallest absolute Gasteiger partial charge is 0.229 e. The lowest BCUT2D eigenvalue weighted by atomic mass is 9.97. The second-order valence-electron chi connectivity index (χ2n) is 7.59. The second-order valence-corrected chi connectivity index (χ2v) is 9.34. The van der Waals surface area contributed by atoms with E-state index in [0.717, 1.165) is 52.6 Å². The number of hydrogen-bond acceptors (Lipinski definition) is 4. The highest BCUT2D eigenvalue weighted by Gasteiger charge is 2.11. The highest BCUT2D eigenvalue weighted by Crippen LogP contribution is 2.27. The van der Waals surface area contributed by atoms with E-state index in [2.05, 4.69) is 14.7 Å². The largest absolute Gasteiger partial charge is 0.342 e. The van der Waals surface area contributed by atoms with Gasteiger partial charge in [-0.1, -0.05) is 42.5 Å². The van der Waals surface area contributed by atoms with Crippen molar-refractivity contribution in [3.63, 3.8) is 0 Å². The van der Waals surface area contributed by atoms with Gasteiger partial charge in [0.1, 0.15) is 5.82 Å². The lowest BCUT2D eigenvalue weighted by Gasteiger charge is -2.06. The molecule has 0 fully saturated rings. The number of H-pyrrole nitrogens is 1. The molecule has 7 heteroatoms. The predicted molar refractivity (Wildman–Crippen MR) is 124 cm³/mol. The number of carbonyl (C=O) groups excluding carboxylic acids is 1. The molecule has 0 spiro atoms. The van der Waals surface area contributed by atoms with E-state index in [9.17, 15) is 13.2 Å². The maximum Gasteiger partial charge on any atom is 0.229 e. The van der Waals surface area contributed by atoms with Gasteiger partial charge in [-0.25, -0.2) is 13.4 Å². The molecule has 4 rings (SSSR count). The molecule has 31 heavy (non-hydrogen) atoms. The zero-order chi connectivity index (χ0) is 22.0. The Labute approximate surface area is 181 Å². The maximum absolute atomic E-state index is 12.0. The van der Waals surface area contributed by atoms with Gasteiger partial charge in [0.15, 0.2) is 5.78 Å². The number of carbonyl (C=O) groups is 1. The van der Waals surface area contributed by atoms with Gasteiger partial charge in [0.2, 0.25) is 10.0 Å². The fourth-order valence-corrected chi connectivity index (χ4v) is 4.17. The summed E-state index contributed by atoms with van der Waals surface area (Å²) >= 11 is 0. The van der Waals surface area contributed by atoms with E-state index in [0.29, 0.717) is 11.3 Å². The number of nitrogens with one attached hydrogen (secondary N) is 2. The van der Waals surface area contributed by atoms with Crippen molar-refractivity contribution in [2.45, 2.75) is 19.8 Å². The molecule has 1 aromatic heterocycles. The summed E-state index contributed by atoms with van der Waals surface area (Å²) in [6, 6.07) is 20.9. The molecular weight excluding hydrogens is 410 g/mol. The number of sulfonamides is 1. The van der Waals surface area contributed by atoms with Crippen LogP contribution in [0.2, 0.25) is 0 Å². The zero-order valence-corrected chi connectivity index (χ0v) is 18.2. The van der Waals surface area contributed by atoms with Gasteiger partial charge in [-0.15, -0.1) is 0 Å². The SMILES string of the molecule is CC(=O)c1ccccc1-c1ccc2nc(CCc3ccc(NS(C)(=O)=O)cc3)[nH]c2c1. The van der Waals surface area contributed by atoms with Crippen molar-refractivity contribution in [1.82, 2.24) is 9.97 Å². The van der Waals surface area contributed by atoms with E-state index in [4.69, 9.17) is 0 Å². The van der Waals surface area contributed by atoms with Crippen molar-refractivity contribution in [3.8, 4) is 11.1 Å². The first-order valence-corrected chi connectivity index (χ1v) is 11.8. The summed E-state index contributed by atoms with van der Waals surface area (Å²) in [6.07, 6.45) is 2.64. The van der Waals surface area contributed by atoms with Crippen LogP contribution < -0.4 is 4.72 Å². The monoisotopic (exact) mass is 433 g/mol. The first-order valence-electron chi connectivity index (χ1n) is 9.94. The molecule has 4 aromatic rings. The second kappa shape index (κ2) is 8.35. The molecule has 158 valence electrons. The number of aryl methyl sites for hydroxylation is 2. The molecule has 1 heterocycles. The number of benzene rings is 3. The lowest BCUT2D eigenvalue weighted by molar-refractivity contribution is 0.101. The summed E-state index contributed by atoms with van der Waals surface area (Å²) in [6.45, 7) is 1.58. The number of rotatable bonds is 7. The van der Waals surface area contributed by atoms with Gasteiger partial charge in [0, 0.05) is 17.7 Å². The van der Waals surface area contributed by atoms with Crippen molar-refractivity contribution in [2.24, 2.45) is 0 Å². The molecule has 0 atom stereocenters. The normalized spacial score (nSPS) is 11.5. The topological polar surface area (TPSA) is 91.9 Å². The average molecular weight is 434 g/mol. The fourth-order valence-electron chi connectivity index (χ4n) is 3.61. The van der Waals surface area contributed by atoms with Gasteiger partial charge in [-0.3, -0.25) is 9.52 Å². The number of aromatic nitrogens is 2. The number of hydrogen-bond donors (Lipinski definition) is 2. The molecule has 0 unspecified atom stereocenters. The van der Waals surface area contributed by atoms with Crippen LogP contribution in [0.1, 0.15) is 28.7 Å². The molecule has 2 N–H and O–H groups in total. The third-order valence-electron chi connectivity index (χ3n) is 5.06. The van der Waals surface area contributed by atoms with E-state index in [-0.39, 0.29) is 5.78 Å². The molecule has 0 bridgehead atoms. The molecule has 6 nitrogen and oxygen atoms in total. The summed E-state index contributed by atoms with van der Waals surface area (Å²) in [5, 5.41) is 0. The molecule has 0 saturated heterocycles. The van der Waals surface area contributed by atoms with Crippen LogP contribution in [0, 0.1) is 0 Å². The molecule has 0 saturated carbocycles. The van der Waals surface area contributed by atoms with Crippen molar-refractivity contribution in [1.29, 1.82) is 0 Å². The van der Waals surface area contributed by atoms with E-state index in [1.54, 1.807) is 19.1 Å². The van der Waals surface area contributed by atoms with Crippen LogP contribution in [0.15, 0.2) is 66.7 Å². The molecule has 0 aliphatic carbocycles. The highest BCUT2D eigenvalue weighted by atomic mass is 32.2. The van der Waals surface area contributed by atoms with Crippen LogP contribution in [0.5, 0.6) is 0 Å². The zero-order valence-electron chi connectivity index (χ0n) is 17.3. The van der Waals surface area contributed by atoms with Crippen LogP contribution in [0.4, 0.5) is 5.69 Å². The van der Waals surface area contributed by atoms with Crippen molar-refractivity contribution >= 4 is 32.5 Å². The first-order chi connectivity index (χ1) is 14.8. The quantitative estimate of drug-likeness (QED) is 0.417. The number of imidazole rings is 1. The van der Waals surface area contributed by atoms with Crippen LogP contribution in [0.25, 0.3) is 22.2 Å². The lowest BCUT2D eigenvalue weighted by Crippen LogP contribution is -2.09. The van der Waals surface area contributed by atoms with Crippen molar-refractivity contribution in [2.75, 3.05) is 11.0 Å². The molecule has 0 aliphatic rings. The number of Topliss-reactive ketones (excluding diaryl/α,β-unsaturated/α-hetero) is 1. The minimum atomic E-state index is -3.28. The fraction of sp³-hybridized carbons (Fsp3) is 0.167. The number of ketones is 1. The van der Waals surface area contributed by atoms with Gasteiger partial charge in [-0.2, -0.15) is 0 Å². The molecule has 3 aromatic carbocycles. The molecule has 0 aliphatic heterocycles. The Morgan fingerprint density at radius 1 is 1.00 bits per heavy atom. The summed E-state index contributed by atoms with van der Waals surface area (Å²) < 4.78 is 25.1. The van der Waals surface area contributed by atoms with Gasteiger partial charge in [-0.05, 0) is 54.3 Å². The van der Waals surface area contributed by atoms with E-state index in [1.165, 1.54) is 0 Å². The summed E-state index contributed by atoms with van der Waals surface area (Å²) in [7, 11) is -3.28. The van der Waals surface area contributed by atoms with Crippen molar-refractivity contribution in [3.05, 3.63) is 83.7 Å². The summed E-state index contributed by atoms with van der Waals surface area (Å²) in [5.74, 6) is 0.920. The Bertz CT molecular complexity index is 1360. The maximum atomic E-state index is 12.0. The van der Waals surface area contributed by atoms with E-state index < -0.39 is 10.0 Å². The molecular formula is C24H23N3O3S. The van der Waals surface area contributed by atoms with Gasteiger partial charge in [0.25, 0.3) is 0 Å². The Kier molecular flexibility index (Phi) is 5.61. The van der Waals surface area contributed by atoms with Gasteiger partial charge in [0.05, 0.1) is 17.3 Å². The number of aromatic amines is 1. The molecule has 0 amide bonds. The minimum Gasteiger partial charge on any atom is -0.342 e. The van der Waals surface area contributed by atoms with Crippen LogP contribution >= 0.6 is 0 Å². The average Bonchev–Trinajstić information content (AvgIpc) is 3.14. The van der Waals surface area contributed by atoms with E-state index in [1.807, 2.05) is 54.6 Å².